The van der Waals surface area contributed by atoms with Crippen LogP contribution >= 0.6 is 0 Å². The molecule has 0 aromatic heterocycles. The third-order valence-electron chi connectivity index (χ3n) is 21.7. The zero-order valence-electron chi connectivity index (χ0n) is 73.5. The first-order valence-electron chi connectivity index (χ1n) is 42.8. The van der Waals surface area contributed by atoms with Gasteiger partial charge in [-0.3, -0.25) is 71.9 Å². The van der Waals surface area contributed by atoms with Crippen molar-refractivity contribution in [1.29, 1.82) is 0 Å². The second kappa shape index (κ2) is 57.8. The molecule has 3 aromatic carbocycles. The lowest BCUT2D eigenvalue weighted by Gasteiger charge is -2.33. The fraction of sp³-hybridized carbons (Fsp3) is 0.621. The third-order valence-corrected chi connectivity index (χ3v) is 21.7. The van der Waals surface area contributed by atoms with Crippen LogP contribution < -0.4 is 11.1 Å². The van der Waals surface area contributed by atoms with Gasteiger partial charge in [-0.1, -0.05) is 91.0 Å². The van der Waals surface area contributed by atoms with Crippen LogP contribution in [0.4, 0.5) is 0 Å². The number of rotatable bonds is 63. The summed E-state index contributed by atoms with van der Waals surface area (Å²) in [4.78, 5) is 232. The molecule has 0 atom stereocenters. The Balaban J connectivity index is 1.25. The first-order chi connectivity index (χ1) is 59.9. The molecule has 0 bridgehead atoms. The van der Waals surface area contributed by atoms with Crippen molar-refractivity contribution in [3.8, 4) is 0 Å². The van der Waals surface area contributed by atoms with Gasteiger partial charge < -0.3 is 108 Å². The van der Waals surface area contributed by atoms with E-state index >= 15 is 24.0 Å². The Morgan fingerprint density at radius 2 is 0.516 bits per heavy atom. The number of hydrogen-bond acceptors (Lipinski definition) is 22. The molecule has 3 aliphatic heterocycles. The Kier molecular flexibility index (Phi) is 47.6. The van der Waals surface area contributed by atoms with E-state index in [-0.39, 0.29) is 168 Å². The number of amides is 15. The van der Waals surface area contributed by atoms with E-state index in [0.29, 0.717) is 84.1 Å². The lowest BCUT2D eigenvalue weighted by atomic mass is 10.1. The normalized spacial score (nSPS) is 13.1. The van der Waals surface area contributed by atoms with E-state index in [9.17, 15) is 47.9 Å². The molecule has 3 fully saturated rings. The van der Waals surface area contributed by atoms with Crippen LogP contribution in [-0.4, -0.2) is 436 Å². The van der Waals surface area contributed by atoms with E-state index < -0.39 is 143 Å². The summed E-state index contributed by atoms with van der Waals surface area (Å²) < 4.78 is 32.3. The fourth-order valence-corrected chi connectivity index (χ4v) is 14.4. The molecule has 3 heterocycles. The molecular weight excluding hydrogens is 1610 g/mol. The summed E-state index contributed by atoms with van der Waals surface area (Å²) in [7, 11) is 8.52. The lowest BCUT2D eigenvalue weighted by Crippen LogP contribution is -2.54. The Morgan fingerprint density at radius 3 is 0.742 bits per heavy atom. The molecule has 3 N–H and O–H groups in total. The van der Waals surface area contributed by atoms with Crippen molar-refractivity contribution in [2.45, 2.75) is 77.0 Å². The van der Waals surface area contributed by atoms with Gasteiger partial charge in [-0.2, -0.15) is 0 Å². The number of primary amides is 1. The summed E-state index contributed by atoms with van der Waals surface area (Å²) in [5.74, 6) is -7.95. The molecule has 124 heavy (non-hydrogen) atoms. The highest BCUT2D eigenvalue weighted by Gasteiger charge is 2.35. The number of ether oxygens (including phenoxy) is 6. The predicted molar refractivity (Wildman–Crippen MR) is 457 cm³/mol. The van der Waals surface area contributed by atoms with Gasteiger partial charge in [0.05, 0.1) is 118 Å². The van der Waals surface area contributed by atoms with E-state index in [1.165, 1.54) is 96.6 Å². The first-order valence-corrected chi connectivity index (χ1v) is 42.8. The van der Waals surface area contributed by atoms with Crippen molar-refractivity contribution in [3.05, 3.63) is 108 Å². The van der Waals surface area contributed by atoms with E-state index in [2.05, 4.69) is 5.32 Å². The number of nitrogens with zero attached hydrogens (tertiary/aromatic N) is 14. The second-order valence-corrected chi connectivity index (χ2v) is 30.8. The summed E-state index contributed by atoms with van der Waals surface area (Å²) >= 11 is 0. The van der Waals surface area contributed by atoms with Crippen LogP contribution in [-0.2, 0) is 120 Å². The first kappa shape index (κ1) is 102. The highest BCUT2D eigenvalue weighted by molar-refractivity contribution is 5.95. The Bertz CT molecular complexity index is 3860. The van der Waals surface area contributed by atoms with Crippen LogP contribution in [0.5, 0.6) is 0 Å². The SMILES string of the molecule is COCCN(CC(N)=O)C(=O)CN(CCc1ccccc1)C(=O)CN(CCOC)C(=O)CN(CCCN1CCCC1=O)C(=O)CN(CCOC)C(=O)CN(CCc1ccccc1)C(=O)CN(CCOC)C(=O)CN(CCCN1CCCC1=O)C(=O)CN(CCOC)C(=O)CN(CCc1ccccc1)C(=O)CN(CCOC)C(=O)CNCCCN1CCCC1=O. The zero-order chi connectivity index (χ0) is 90.0. The maximum absolute atomic E-state index is 15.3. The van der Waals surface area contributed by atoms with Gasteiger partial charge >= 0.3 is 0 Å². The van der Waals surface area contributed by atoms with Gasteiger partial charge in [0.1, 0.15) is 0 Å². The average molecular weight is 1740 g/mol. The lowest BCUT2D eigenvalue weighted by molar-refractivity contribution is -0.149. The quantitative estimate of drug-likeness (QED) is 0.0628. The van der Waals surface area contributed by atoms with Crippen LogP contribution in [0, 0.1) is 0 Å². The summed E-state index contributed by atoms with van der Waals surface area (Å²) in [6.07, 6.45) is 5.17. The Morgan fingerprint density at radius 1 is 0.298 bits per heavy atom. The van der Waals surface area contributed by atoms with Crippen molar-refractivity contribution in [3.63, 3.8) is 0 Å². The number of carbonyl (C=O) groups is 15. The number of nitrogens with one attached hydrogen (secondary N) is 1. The van der Waals surface area contributed by atoms with Crippen LogP contribution in [0.3, 0.4) is 0 Å². The van der Waals surface area contributed by atoms with Crippen molar-refractivity contribution < 1.29 is 100 Å². The standard InChI is InChI=1S/C87H132N16O21/c1-119-52-46-98(59-73(88)104)83(114)62-95(43-31-70-22-10-7-11-23-70)81(112)68-102(50-56-123-5)84(115)60-93(41-20-39-91-36-17-29-75(91)106)79(110)67-101(49-55-122-4)87(118)64-97(45-33-72-26-14-9-15-27-72)82(113)69-103(51-57-124-6)85(116)61-94(42-21-40-92-37-18-30-76(92)107)78(109)66-100(48-54-121-3)86(117)63-96(44-32-71-24-12-8-13-25-71)80(111)65-99(47-53-120-2)77(108)58-89-34-19-38-90-35-16-28-74(90)105/h7-15,22-27,89H,16-21,28-69H2,1-6H3,(H2,88,104). The van der Waals surface area contributed by atoms with Gasteiger partial charge in [0.15, 0.2) is 0 Å². The van der Waals surface area contributed by atoms with Crippen molar-refractivity contribution in [2.75, 3.05) is 279 Å². The van der Waals surface area contributed by atoms with Crippen LogP contribution in [0.15, 0.2) is 91.0 Å². The average Bonchev–Trinajstić information content (AvgIpc) is 0.940. The van der Waals surface area contributed by atoms with Crippen molar-refractivity contribution >= 4 is 88.6 Å². The zero-order valence-corrected chi connectivity index (χ0v) is 73.5. The Hall–Kier alpha value is -10.6. The van der Waals surface area contributed by atoms with Crippen LogP contribution in [0.1, 0.15) is 74.5 Å². The van der Waals surface area contributed by atoms with Gasteiger partial charge in [-0.15, -0.1) is 0 Å². The van der Waals surface area contributed by atoms with Gasteiger partial charge in [-0.25, -0.2) is 0 Å². The van der Waals surface area contributed by atoms with Gasteiger partial charge in [0.2, 0.25) is 88.6 Å². The summed E-state index contributed by atoms with van der Waals surface area (Å²) in [6.45, 7) is -4.15. The second-order valence-electron chi connectivity index (χ2n) is 30.8. The molecule has 6 rings (SSSR count). The topological polar surface area (TPSA) is 395 Å². The summed E-state index contributed by atoms with van der Waals surface area (Å²) in [6, 6.07) is 27.6. The van der Waals surface area contributed by atoms with Crippen LogP contribution in [0.25, 0.3) is 0 Å². The largest absolute Gasteiger partial charge is 0.383 e. The van der Waals surface area contributed by atoms with E-state index in [1.807, 2.05) is 91.0 Å². The molecule has 3 aromatic rings. The number of likely N-dealkylation sites (tertiary alicyclic amines) is 3. The maximum Gasteiger partial charge on any atom is 0.242 e. The predicted octanol–water partition coefficient (Wildman–Crippen LogP) is -1.18. The van der Waals surface area contributed by atoms with Crippen LogP contribution in [0.2, 0.25) is 0 Å². The minimum absolute atomic E-state index is 0.00497. The van der Waals surface area contributed by atoms with Gasteiger partial charge in [0.25, 0.3) is 0 Å². The van der Waals surface area contributed by atoms with E-state index in [4.69, 9.17) is 34.2 Å². The van der Waals surface area contributed by atoms with E-state index in [1.54, 1.807) is 14.7 Å². The summed E-state index contributed by atoms with van der Waals surface area (Å²) in [5.41, 5.74) is 8.03. The Labute approximate surface area is 728 Å². The maximum atomic E-state index is 15.3. The number of hydrogen-bond donors (Lipinski definition) is 2. The molecule has 686 valence electrons. The summed E-state index contributed by atoms with van der Waals surface area (Å²) in [5, 5.41) is 3.13. The number of carbonyl (C=O) groups excluding carboxylic acids is 15. The molecular formula is C87H132N16O21. The molecule has 0 saturated carbocycles. The highest BCUT2D eigenvalue weighted by Crippen LogP contribution is 2.17. The molecule has 0 aliphatic carbocycles. The molecule has 15 amide bonds. The molecule has 0 spiro atoms. The molecule has 0 radical (unpaired) electrons. The number of benzene rings is 3. The number of nitrogens with two attached hydrogens (primary N) is 1. The smallest absolute Gasteiger partial charge is 0.242 e. The monoisotopic (exact) mass is 1740 g/mol. The van der Waals surface area contributed by atoms with E-state index in [0.717, 1.165) is 23.1 Å². The minimum atomic E-state index is -0.784. The van der Waals surface area contributed by atoms with Gasteiger partial charge in [-0.05, 0) is 81.0 Å². The molecule has 37 heteroatoms. The highest BCUT2D eigenvalue weighted by atomic mass is 16.5. The molecule has 0 unspecified atom stereocenters. The van der Waals surface area contributed by atoms with Crippen molar-refractivity contribution in [2.24, 2.45) is 5.73 Å². The van der Waals surface area contributed by atoms with Crippen molar-refractivity contribution in [1.82, 2.24) is 73.9 Å². The molecule has 37 nitrogen and oxygen atoms in total. The number of methoxy groups -OCH3 is 6. The molecule has 3 saturated heterocycles. The van der Waals surface area contributed by atoms with Gasteiger partial charge in [0, 0.05) is 173 Å². The minimum Gasteiger partial charge on any atom is -0.383 e. The fourth-order valence-electron chi connectivity index (χ4n) is 14.4. The third kappa shape index (κ3) is 37.5. The molecule has 3 aliphatic rings.